The maximum atomic E-state index is 17.9. The monoisotopic (exact) mass is 656 g/mol. The molecule has 1 aliphatic heterocycles. The van der Waals surface area contributed by atoms with E-state index in [4.69, 9.17) is 4.74 Å². The van der Waals surface area contributed by atoms with Crippen molar-refractivity contribution >= 4 is 29.3 Å². The first kappa shape index (κ1) is 34.6. The fourth-order valence-corrected chi connectivity index (χ4v) is 11.3. The number of fused-ring (bicyclic) bond motifs is 5. The number of cyclic esters (lactones) is 1. The molecular formula is C33H46F2O9S. The van der Waals surface area contributed by atoms with Gasteiger partial charge in [0.1, 0.15) is 11.4 Å². The molecule has 4 fully saturated rings. The lowest BCUT2D eigenvalue weighted by Gasteiger charge is -2.65. The van der Waals surface area contributed by atoms with E-state index in [9.17, 15) is 39.9 Å². The first-order valence-electron chi connectivity index (χ1n) is 16.1. The Balaban J connectivity index is 1.71. The van der Waals surface area contributed by atoms with Crippen LogP contribution in [0.4, 0.5) is 8.78 Å². The van der Waals surface area contributed by atoms with E-state index >= 15 is 8.78 Å². The maximum Gasteiger partial charge on any atom is 0.319 e. The Morgan fingerprint density at radius 2 is 1.76 bits per heavy atom. The van der Waals surface area contributed by atoms with Crippen LogP contribution in [0.2, 0.25) is 0 Å². The van der Waals surface area contributed by atoms with Crippen molar-refractivity contribution in [1.82, 2.24) is 0 Å². The van der Waals surface area contributed by atoms with Gasteiger partial charge in [0.05, 0.1) is 23.9 Å². The van der Waals surface area contributed by atoms with E-state index in [-0.39, 0.29) is 44.3 Å². The van der Waals surface area contributed by atoms with Crippen LogP contribution in [-0.2, 0) is 19.1 Å². The Kier molecular flexibility index (Phi) is 8.83. The number of esters is 1. The molecule has 0 aromatic rings. The molecule has 4 unspecified atom stereocenters. The number of allylic oxidation sites excluding steroid dienone is 4. The van der Waals surface area contributed by atoms with Crippen molar-refractivity contribution in [3.63, 3.8) is 0 Å². The summed E-state index contributed by atoms with van der Waals surface area (Å²) in [5.74, 6) is -11.5. The van der Waals surface area contributed by atoms with Crippen LogP contribution in [0.15, 0.2) is 23.8 Å². The second-order valence-electron chi connectivity index (χ2n) is 14.3. The lowest BCUT2D eigenvalue weighted by Crippen LogP contribution is -2.73. The number of rotatable bonds is 10. The highest BCUT2D eigenvalue weighted by Crippen LogP contribution is 2.76. The van der Waals surface area contributed by atoms with Crippen LogP contribution in [0, 0.1) is 34.0 Å². The van der Waals surface area contributed by atoms with Gasteiger partial charge in [-0.2, -0.15) is 0 Å². The molecule has 0 radical (unpaired) electrons. The lowest BCUT2D eigenvalue weighted by molar-refractivity contribution is -0.326. The molecule has 45 heavy (non-hydrogen) atoms. The highest BCUT2D eigenvalue weighted by molar-refractivity contribution is 8.01. The normalized spacial score (nSPS) is 43.0. The van der Waals surface area contributed by atoms with Gasteiger partial charge in [0.25, 0.3) is 0 Å². The maximum absolute atomic E-state index is 17.9. The zero-order chi connectivity index (χ0) is 33.4. The summed E-state index contributed by atoms with van der Waals surface area (Å²) < 4.78 is 39.0. The van der Waals surface area contributed by atoms with Gasteiger partial charge in [-0.3, -0.25) is 14.4 Å². The predicted molar refractivity (Wildman–Crippen MR) is 161 cm³/mol. The minimum Gasteiger partial charge on any atom is -0.465 e. The summed E-state index contributed by atoms with van der Waals surface area (Å²) in [6.07, 6.45) is -1.09. The third-order valence-corrected chi connectivity index (χ3v) is 13.3. The Labute approximate surface area is 266 Å². The van der Waals surface area contributed by atoms with E-state index in [0.29, 0.717) is 6.42 Å². The fourth-order valence-electron chi connectivity index (χ4n) is 10.3. The van der Waals surface area contributed by atoms with Gasteiger partial charge < -0.3 is 30.3 Å². The molecular weight excluding hydrogens is 610 g/mol. The predicted octanol–water partition coefficient (Wildman–Crippen LogP) is 3.10. The second kappa shape index (κ2) is 11.5. The van der Waals surface area contributed by atoms with Gasteiger partial charge in [-0.25, -0.2) is 8.78 Å². The topological polar surface area (TPSA) is 162 Å². The smallest absolute Gasteiger partial charge is 0.319 e. The molecule has 0 amide bonds. The molecule has 252 valence electrons. The number of ether oxygens (including phenoxy) is 1. The number of hydrogen-bond donors (Lipinski definition) is 5. The largest absolute Gasteiger partial charge is 0.465 e. The van der Waals surface area contributed by atoms with Crippen molar-refractivity contribution in [1.29, 1.82) is 0 Å². The fraction of sp³-hybridized carbons (Fsp3) is 0.788. The number of halogens is 2. The van der Waals surface area contributed by atoms with Gasteiger partial charge in [-0.05, 0) is 55.2 Å². The van der Waals surface area contributed by atoms with Crippen LogP contribution in [0.1, 0.15) is 79.1 Å². The Bertz CT molecular complexity index is 1300. The summed E-state index contributed by atoms with van der Waals surface area (Å²) in [5, 5.41) is 58.6. The van der Waals surface area contributed by atoms with E-state index in [1.165, 1.54) is 13.0 Å². The summed E-state index contributed by atoms with van der Waals surface area (Å²) in [7, 11) is 0. The number of thioether (sulfide) groups is 1. The van der Waals surface area contributed by atoms with E-state index < -0.39 is 105 Å². The minimum absolute atomic E-state index is 0.0811. The molecule has 0 aromatic heterocycles. The number of aliphatic hydroxyl groups is 5. The summed E-state index contributed by atoms with van der Waals surface area (Å²) in [6, 6.07) is 0. The van der Waals surface area contributed by atoms with Crippen LogP contribution in [0.25, 0.3) is 0 Å². The molecule has 9 nitrogen and oxygen atoms in total. The summed E-state index contributed by atoms with van der Waals surface area (Å²) in [5.41, 5.74) is -8.32. The van der Waals surface area contributed by atoms with Crippen molar-refractivity contribution in [3.05, 3.63) is 23.8 Å². The van der Waals surface area contributed by atoms with Crippen molar-refractivity contribution in [2.75, 3.05) is 12.4 Å². The molecule has 0 spiro atoms. The van der Waals surface area contributed by atoms with E-state index in [0.717, 1.165) is 23.9 Å². The number of aliphatic hydroxyl groups excluding tert-OH is 1. The molecule has 12 heteroatoms. The molecule has 10 atom stereocenters. The number of ketones is 2. The highest BCUT2D eigenvalue weighted by atomic mass is 32.2. The number of hydrogen-bond acceptors (Lipinski definition) is 10. The van der Waals surface area contributed by atoms with Crippen LogP contribution in [0.3, 0.4) is 0 Å². The zero-order valence-electron chi connectivity index (χ0n) is 26.3. The molecule has 5 aliphatic rings. The molecule has 5 rings (SSSR count). The van der Waals surface area contributed by atoms with Crippen LogP contribution in [0.5, 0.6) is 0 Å². The average molecular weight is 657 g/mol. The van der Waals surface area contributed by atoms with Gasteiger partial charge in [0.15, 0.2) is 28.8 Å². The van der Waals surface area contributed by atoms with Crippen molar-refractivity contribution in [2.24, 2.45) is 34.0 Å². The average Bonchev–Trinajstić information content (AvgIpc) is 3.48. The Morgan fingerprint density at radius 1 is 1.09 bits per heavy atom. The second-order valence-corrected chi connectivity index (χ2v) is 15.5. The van der Waals surface area contributed by atoms with Crippen molar-refractivity contribution in [2.45, 2.75) is 114 Å². The standard InChI is InChI=1S/C33H46F2O9S/c1-5-9-30(40,41)24-15-19-20-14-22(34)21-13-18(36)7-11-28(21,3)33(20,35)25(37)16-29(19,4)32(24,31(42,43)10-6-2)26(38)17-45-23-8-12-44-27(23)39/h7,11,13,19-20,22-25,37,40-43H,5-6,8-10,12,14-17H2,1-4H3/t19-,20-,22?,23?,24?,25?,28-,29-,32-,33-/m0/s1. The first-order chi connectivity index (χ1) is 20.9. The zero-order valence-corrected chi connectivity index (χ0v) is 27.1. The van der Waals surface area contributed by atoms with Gasteiger partial charge >= 0.3 is 5.97 Å². The third-order valence-electron chi connectivity index (χ3n) is 12.1. The van der Waals surface area contributed by atoms with Crippen LogP contribution >= 0.6 is 11.8 Å². The number of Topliss-reactive ketones (excluding diaryl/α,β-unsaturated/α-hetero) is 1. The molecule has 3 saturated carbocycles. The molecule has 4 aliphatic carbocycles. The summed E-state index contributed by atoms with van der Waals surface area (Å²) >= 11 is 0.967. The summed E-state index contributed by atoms with van der Waals surface area (Å²) in [6.45, 7) is 6.54. The van der Waals surface area contributed by atoms with E-state index in [1.54, 1.807) is 20.8 Å². The SMILES string of the molecule is CCCC(O)(O)C1C[C@H]2[C@@H]3CC(F)C4=CC(=O)C=C[C@]4(C)[C@@]3(F)C(O)C[C@]2(C)[C@]1(C(=O)CSC1CCOC1=O)C(O)(O)CCC. The first-order valence-corrected chi connectivity index (χ1v) is 17.1. The van der Waals surface area contributed by atoms with Gasteiger partial charge in [0, 0.05) is 36.5 Å². The van der Waals surface area contributed by atoms with Crippen LogP contribution < -0.4 is 0 Å². The van der Waals surface area contributed by atoms with Gasteiger partial charge in [-0.15, -0.1) is 11.8 Å². The lowest BCUT2D eigenvalue weighted by atomic mass is 9.41. The Hall–Kier alpha value is -1.70. The number of carbonyl (C=O) groups excluding carboxylic acids is 3. The highest BCUT2D eigenvalue weighted by Gasteiger charge is 2.82. The molecule has 0 bridgehead atoms. The number of alkyl halides is 2. The Morgan fingerprint density at radius 3 is 2.36 bits per heavy atom. The summed E-state index contributed by atoms with van der Waals surface area (Å²) in [4.78, 5) is 39.2. The van der Waals surface area contributed by atoms with E-state index in [2.05, 4.69) is 0 Å². The van der Waals surface area contributed by atoms with Crippen molar-refractivity contribution < 1.29 is 53.4 Å². The molecule has 5 N–H and O–H groups in total. The molecule has 1 heterocycles. The molecule has 0 aromatic carbocycles. The van der Waals surface area contributed by atoms with E-state index in [1.807, 2.05) is 0 Å². The van der Waals surface area contributed by atoms with Crippen molar-refractivity contribution in [3.8, 4) is 0 Å². The van der Waals surface area contributed by atoms with Gasteiger partial charge in [0.2, 0.25) is 0 Å². The third kappa shape index (κ3) is 4.67. The van der Waals surface area contributed by atoms with Crippen LogP contribution in [-0.4, -0.2) is 90.2 Å². The van der Waals surface area contributed by atoms with Gasteiger partial charge in [-0.1, -0.05) is 39.7 Å². The number of carbonyl (C=O) groups is 3. The molecule has 1 saturated heterocycles. The minimum atomic E-state index is -2.85. The quantitative estimate of drug-likeness (QED) is 0.175.